The van der Waals surface area contributed by atoms with Crippen molar-refractivity contribution >= 4 is 0 Å². The molecule has 0 aromatic heterocycles. The molecule has 1 aromatic rings. The predicted octanol–water partition coefficient (Wildman–Crippen LogP) is 3.23. The van der Waals surface area contributed by atoms with Crippen LogP contribution in [0.1, 0.15) is 50.3 Å². The van der Waals surface area contributed by atoms with Crippen LogP contribution in [0.15, 0.2) is 18.2 Å². The van der Waals surface area contributed by atoms with Crippen molar-refractivity contribution in [3.63, 3.8) is 0 Å². The molecule has 0 aliphatic carbocycles. The number of unbranched alkanes of at least 4 members (excludes halogenated alkanes) is 1. The van der Waals surface area contributed by atoms with Crippen LogP contribution in [0, 0.1) is 0 Å². The fourth-order valence-corrected chi connectivity index (χ4v) is 2.21. The molecule has 0 fully saturated rings. The summed E-state index contributed by atoms with van der Waals surface area (Å²) in [6.45, 7) is 4.22. The minimum atomic E-state index is -0.318. The van der Waals surface area contributed by atoms with E-state index in [-0.39, 0.29) is 12.2 Å². The van der Waals surface area contributed by atoms with Crippen LogP contribution < -0.4 is 4.74 Å². The van der Waals surface area contributed by atoms with Crippen molar-refractivity contribution in [3.05, 3.63) is 29.3 Å². The quantitative estimate of drug-likeness (QED) is 0.844. The first-order chi connectivity index (χ1) is 7.70. The standard InChI is InChI=1S/C14H20O2/c1-3-4-5-13(15)11-6-7-14-12(9-11)8-10(2)16-14/h6-7,9-10,13,15H,3-5,8H2,1-2H3. The van der Waals surface area contributed by atoms with Gasteiger partial charge in [-0.1, -0.05) is 25.8 Å². The van der Waals surface area contributed by atoms with Gasteiger partial charge in [-0.05, 0) is 36.6 Å². The fourth-order valence-electron chi connectivity index (χ4n) is 2.21. The van der Waals surface area contributed by atoms with E-state index in [1.807, 2.05) is 12.1 Å². The number of fused-ring (bicyclic) bond motifs is 1. The first-order valence-corrected chi connectivity index (χ1v) is 6.18. The van der Waals surface area contributed by atoms with Gasteiger partial charge in [0.15, 0.2) is 0 Å². The molecule has 1 N–H and O–H groups in total. The summed E-state index contributed by atoms with van der Waals surface area (Å²) in [6, 6.07) is 6.07. The van der Waals surface area contributed by atoms with Crippen LogP contribution in [-0.4, -0.2) is 11.2 Å². The summed E-state index contributed by atoms with van der Waals surface area (Å²) in [5.41, 5.74) is 2.27. The van der Waals surface area contributed by atoms with Crippen LogP contribution >= 0.6 is 0 Å². The van der Waals surface area contributed by atoms with Crippen LogP contribution in [-0.2, 0) is 6.42 Å². The SMILES string of the molecule is CCCCC(O)c1ccc2c(c1)CC(C)O2. The van der Waals surface area contributed by atoms with Gasteiger partial charge in [0.2, 0.25) is 0 Å². The molecule has 2 rings (SSSR count). The summed E-state index contributed by atoms with van der Waals surface area (Å²) in [4.78, 5) is 0. The van der Waals surface area contributed by atoms with E-state index in [0.29, 0.717) is 0 Å². The second kappa shape index (κ2) is 4.88. The van der Waals surface area contributed by atoms with Crippen molar-refractivity contribution in [1.82, 2.24) is 0 Å². The zero-order valence-corrected chi connectivity index (χ0v) is 10.1. The predicted molar refractivity (Wildman–Crippen MR) is 64.7 cm³/mol. The first-order valence-electron chi connectivity index (χ1n) is 6.18. The van der Waals surface area contributed by atoms with E-state index in [1.54, 1.807) is 0 Å². The van der Waals surface area contributed by atoms with Crippen LogP contribution in [0.4, 0.5) is 0 Å². The molecule has 0 saturated carbocycles. The van der Waals surface area contributed by atoms with Gasteiger partial charge in [-0.15, -0.1) is 0 Å². The van der Waals surface area contributed by atoms with Gasteiger partial charge in [-0.2, -0.15) is 0 Å². The minimum Gasteiger partial charge on any atom is -0.490 e. The topological polar surface area (TPSA) is 29.5 Å². The van der Waals surface area contributed by atoms with Crippen molar-refractivity contribution in [2.24, 2.45) is 0 Å². The van der Waals surface area contributed by atoms with Crippen LogP contribution in [0.2, 0.25) is 0 Å². The lowest BCUT2D eigenvalue weighted by molar-refractivity contribution is 0.164. The number of hydrogen-bond acceptors (Lipinski definition) is 2. The highest BCUT2D eigenvalue weighted by Crippen LogP contribution is 2.32. The Kier molecular flexibility index (Phi) is 3.49. The average molecular weight is 220 g/mol. The molecule has 1 heterocycles. The number of benzene rings is 1. The number of rotatable bonds is 4. The molecule has 16 heavy (non-hydrogen) atoms. The van der Waals surface area contributed by atoms with Crippen molar-refractivity contribution in [2.75, 3.05) is 0 Å². The van der Waals surface area contributed by atoms with Gasteiger partial charge >= 0.3 is 0 Å². The Labute approximate surface area is 97.3 Å². The molecule has 1 aliphatic heterocycles. The Morgan fingerprint density at radius 1 is 1.50 bits per heavy atom. The fraction of sp³-hybridized carbons (Fsp3) is 0.571. The Morgan fingerprint density at radius 3 is 3.06 bits per heavy atom. The number of aliphatic hydroxyl groups is 1. The molecular weight excluding hydrogens is 200 g/mol. The zero-order chi connectivity index (χ0) is 11.5. The molecule has 0 bridgehead atoms. The maximum Gasteiger partial charge on any atom is 0.123 e. The van der Waals surface area contributed by atoms with E-state index >= 15 is 0 Å². The van der Waals surface area contributed by atoms with Gasteiger partial charge in [0, 0.05) is 6.42 Å². The monoisotopic (exact) mass is 220 g/mol. The summed E-state index contributed by atoms with van der Waals surface area (Å²) in [7, 11) is 0. The van der Waals surface area contributed by atoms with Gasteiger partial charge in [-0.25, -0.2) is 0 Å². The molecule has 2 heteroatoms. The maximum atomic E-state index is 10.0. The van der Waals surface area contributed by atoms with Crippen molar-refractivity contribution in [1.29, 1.82) is 0 Å². The molecular formula is C14H20O2. The normalized spacial score (nSPS) is 20.3. The lowest BCUT2D eigenvalue weighted by Gasteiger charge is -2.11. The van der Waals surface area contributed by atoms with Gasteiger partial charge in [0.05, 0.1) is 6.10 Å². The van der Waals surface area contributed by atoms with E-state index in [1.165, 1.54) is 5.56 Å². The summed E-state index contributed by atoms with van der Waals surface area (Å²) in [6.07, 6.45) is 3.97. The third-order valence-corrected chi connectivity index (χ3v) is 3.14. The minimum absolute atomic E-state index is 0.276. The van der Waals surface area contributed by atoms with Gasteiger partial charge in [-0.3, -0.25) is 0 Å². The Bertz CT molecular complexity index is 360. The van der Waals surface area contributed by atoms with E-state index < -0.39 is 0 Å². The molecule has 2 unspecified atom stereocenters. The molecule has 2 nitrogen and oxygen atoms in total. The molecule has 1 aliphatic rings. The molecule has 0 amide bonds. The molecule has 88 valence electrons. The second-order valence-electron chi connectivity index (χ2n) is 4.66. The number of aliphatic hydroxyl groups excluding tert-OH is 1. The van der Waals surface area contributed by atoms with E-state index in [2.05, 4.69) is 19.9 Å². The largest absolute Gasteiger partial charge is 0.490 e. The summed E-state index contributed by atoms with van der Waals surface area (Å²) in [5.74, 6) is 0.985. The van der Waals surface area contributed by atoms with Crippen molar-refractivity contribution in [2.45, 2.75) is 51.7 Å². The molecule has 1 aromatic carbocycles. The van der Waals surface area contributed by atoms with E-state index in [4.69, 9.17) is 4.74 Å². The van der Waals surface area contributed by atoms with Crippen molar-refractivity contribution < 1.29 is 9.84 Å². The van der Waals surface area contributed by atoms with E-state index in [0.717, 1.165) is 37.0 Å². The zero-order valence-electron chi connectivity index (χ0n) is 10.1. The highest BCUT2D eigenvalue weighted by molar-refractivity contribution is 5.41. The summed E-state index contributed by atoms with van der Waals surface area (Å²) >= 11 is 0. The average Bonchev–Trinajstić information content (AvgIpc) is 2.64. The number of ether oxygens (including phenoxy) is 1. The van der Waals surface area contributed by atoms with Gasteiger partial charge < -0.3 is 9.84 Å². The van der Waals surface area contributed by atoms with Crippen molar-refractivity contribution in [3.8, 4) is 5.75 Å². The lowest BCUT2D eigenvalue weighted by Crippen LogP contribution is -2.05. The van der Waals surface area contributed by atoms with Gasteiger partial charge in [0.1, 0.15) is 11.9 Å². The lowest BCUT2D eigenvalue weighted by atomic mass is 10.00. The Hall–Kier alpha value is -1.02. The third kappa shape index (κ3) is 2.38. The first kappa shape index (κ1) is 11.5. The van der Waals surface area contributed by atoms with E-state index in [9.17, 15) is 5.11 Å². The third-order valence-electron chi connectivity index (χ3n) is 3.14. The van der Waals surface area contributed by atoms with Crippen LogP contribution in [0.3, 0.4) is 0 Å². The Morgan fingerprint density at radius 2 is 2.31 bits per heavy atom. The number of hydrogen-bond donors (Lipinski definition) is 1. The molecule has 0 saturated heterocycles. The molecule has 0 spiro atoms. The smallest absolute Gasteiger partial charge is 0.123 e. The Balaban J connectivity index is 2.09. The highest BCUT2D eigenvalue weighted by atomic mass is 16.5. The van der Waals surface area contributed by atoms with Crippen LogP contribution in [0.5, 0.6) is 5.75 Å². The summed E-state index contributed by atoms with van der Waals surface area (Å²) < 4.78 is 5.64. The second-order valence-corrected chi connectivity index (χ2v) is 4.66. The molecule has 0 radical (unpaired) electrons. The maximum absolute atomic E-state index is 10.0. The highest BCUT2D eigenvalue weighted by Gasteiger charge is 2.20. The van der Waals surface area contributed by atoms with Gasteiger partial charge in [0.25, 0.3) is 0 Å². The summed E-state index contributed by atoms with van der Waals surface area (Å²) in [5, 5.41) is 10.0. The molecule has 2 atom stereocenters. The van der Waals surface area contributed by atoms with Crippen LogP contribution in [0.25, 0.3) is 0 Å².